The molecule has 0 aliphatic carbocycles. The van der Waals surface area contributed by atoms with Gasteiger partial charge in [-0.1, -0.05) is 12.1 Å². The van der Waals surface area contributed by atoms with Gasteiger partial charge in [-0.2, -0.15) is 18.2 Å². The van der Waals surface area contributed by atoms with Crippen molar-refractivity contribution >= 4 is 29.5 Å². The van der Waals surface area contributed by atoms with Gasteiger partial charge in [0.05, 0.1) is 5.56 Å². The highest BCUT2D eigenvalue weighted by atomic mass is 19.4. The number of carbonyl (C=O) groups excluding carboxylic acids is 2. The summed E-state index contributed by atoms with van der Waals surface area (Å²) in [7, 11) is 0. The minimum absolute atomic E-state index is 0.0391. The van der Waals surface area contributed by atoms with Gasteiger partial charge in [0.2, 0.25) is 11.9 Å². The number of nitrogens with two attached hydrogens (primary N) is 3. The number of carbonyl (C=O) groups is 3. The maximum atomic E-state index is 13.5. The van der Waals surface area contributed by atoms with Crippen molar-refractivity contribution in [3.05, 3.63) is 51.3 Å². The van der Waals surface area contributed by atoms with Crippen molar-refractivity contribution in [1.29, 1.82) is 0 Å². The van der Waals surface area contributed by atoms with Crippen molar-refractivity contribution < 1.29 is 42.9 Å². The largest absolute Gasteiger partial charge is 0.480 e. The van der Waals surface area contributed by atoms with Crippen LogP contribution in [-0.4, -0.2) is 61.1 Å². The summed E-state index contributed by atoms with van der Waals surface area (Å²) in [6.45, 7) is 0. The fraction of sp³-hybridized carbons (Fsp3) is 0.409. The lowest BCUT2D eigenvalue weighted by atomic mass is 9.84. The molecule has 11 N–H and O–H groups in total. The minimum atomic E-state index is -5.46. The molecule has 0 saturated carbocycles. The van der Waals surface area contributed by atoms with Crippen LogP contribution in [0.3, 0.4) is 0 Å². The zero-order valence-electron chi connectivity index (χ0n) is 19.8. The van der Waals surface area contributed by atoms with Gasteiger partial charge in [-0.3, -0.25) is 19.4 Å². The third kappa shape index (κ3) is 7.42. The number of aromatic amines is 1. The summed E-state index contributed by atoms with van der Waals surface area (Å²) in [5, 5.41) is 31.4. The van der Waals surface area contributed by atoms with Crippen molar-refractivity contribution in [1.82, 2.24) is 15.3 Å². The zero-order chi connectivity index (χ0) is 28.8. The molecule has 0 aliphatic rings. The molecule has 2 rings (SSSR count). The van der Waals surface area contributed by atoms with Crippen molar-refractivity contribution in [2.24, 2.45) is 5.73 Å². The molecule has 13 nitrogen and oxygen atoms in total. The molecule has 0 spiro atoms. The molecule has 16 heteroatoms. The first kappa shape index (κ1) is 30.0. The van der Waals surface area contributed by atoms with Gasteiger partial charge in [-0.15, -0.1) is 0 Å². The summed E-state index contributed by atoms with van der Waals surface area (Å²) in [5.74, 6) is -9.68. The molecule has 1 heterocycles. The SMILES string of the molecule is NC(=O)CC[C@H](NC(=O)c1ccc(C(CCCc2c(N)nc(N)[nH]c2=O)C(O)(O)C(F)(F)F)cc1)C(=O)O. The molecule has 208 valence electrons. The van der Waals surface area contributed by atoms with E-state index in [4.69, 9.17) is 17.2 Å². The molecular formula is C22H27F3N6O7. The standard InChI is InChI=1S/C22H27F3N6O7/c23-22(24,25)21(37,38)13(3-1-2-12-16(27)30-20(28)31-18(12)34)10-4-6-11(7-5-10)17(33)29-14(19(35)36)8-9-15(26)32/h4-7,13-14,37-38H,1-3,8-9H2,(H2,26,32)(H,29,33)(H,35,36)(H5,27,28,30,31,34)/t13?,14-/m0/s1. The van der Waals surface area contributed by atoms with E-state index in [1.54, 1.807) is 0 Å². The Bertz CT molecular complexity index is 1230. The van der Waals surface area contributed by atoms with Gasteiger partial charge in [-0.25, -0.2) is 4.79 Å². The van der Waals surface area contributed by atoms with E-state index in [2.05, 4.69) is 15.3 Å². The van der Waals surface area contributed by atoms with Gasteiger partial charge >= 0.3 is 12.1 Å². The Kier molecular flexibility index (Phi) is 9.42. The summed E-state index contributed by atoms with van der Waals surface area (Å²) in [6.07, 6.45) is -6.82. The van der Waals surface area contributed by atoms with Gasteiger partial charge in [0.25, 0.3) is 17.3 Å². The molecule has 0 saturated heterocycles. The van der Waals surface area contributed by atoms with Crippen LogP contribution in [0.2, 0.25) is 0 Å². The molecule has 0 fully saturated rings. The second kappa shape index (κ2) is 11.9. The number of H-pyrrole nitrogens is 1. The topological polar surface area (TPSA) is 248 Å². The average molecular weight is 544 g/mol. The third-order valence-corrected chi connectivity index (χ3v) is 5.75. The number of primary amides is 1. The highest BCUT2D eigenvalue weighted by molar-refractivity contribution is 5.96. The van der Waals surface area contributed by atoms with Crippen LogP contribution < -0.4 is 28.1 Å². The number of aromatic nitrogens is 2. The quantitative estimate of drug-likeness (QED) is 0.162. The van der Waals surface area contributed by atoms with Gasteiger partial charge < -0.3 is 37.8 Å². The fourth-order valence-electron chi connectivity index (χ4n) is 3.71. The van der Waals surface area contributed by atoms with E-state index in [0.29, 0.717) is 0 Å². The molecule has 0 radical (unpaired) electrons. The Labute approximate surface area is 212 Å². The molecule has 0 aliphatic heterocycles. The maximum Gasteiger partial charge on any atom is 0.443 e. The number of hydrogen-bond acceptors (Lipinski definition) is 9. The van der Waals surface area contributed by atoms with E-state index in [9.17, 15) is 47.7 Å². The van der Waals surface area contributed by atoms with E-state index in [1.807, 2.05) is 0 Å². The number of nitrogens with one attached hydrogen (secondary N) is 2. The van der Waals surface area contributed by atoms with Crippen LogP contribution in [0.5, 0.6) is 0 Å². The number of carboxylic acids is 1. The number of halogens is 3. The number of anilines is 2. The monoisotopic (exact) mass is 544 g/mol. The first-order valence-corrected chi connectivity index (χ1v) is 11.1. The number of aliphatic hydroxyl groups is 2. The number of aliphatic carboxylic acids is 1. The number of carboxylic acid groups (broad SMARTS) is 1. The fourth-order valence-corrected chi connectivity index (χ4v) is 3.71. The van der Waals surface area contributed by atoms with Gasteiger partial charge in [0, 0.05) is 17.9 Å². The van der Waals surface area contributed by atoms with E-state index >= 15 is 0 Å². The third-order valence-electron chi connectivity index (χ3n) is 5.75. The lowest BCUT2D eigenvalue weighted by Gasteiger charge is -2.33. The van der Waals surface area contributed by atoms with Gasteiger partial charge in [0.15, 0.2) is 0 Å². The number of hydrogen-bond donors (Lipinski definition) is 8. The van der Waals surface area contributed by atoms with Crippen LogP contribution in [-0.2, 0) is 16.0 Å². The lowest BCUT2D eigenvalue weighted by Crippen LogP contribution is -2.50. The predicted octanol–water partition coefficient (Wildman–Crippen LogP) is -0.267. The van der Waals surface area contributed by atoms with Crippen LogP contribution in [0.1, 0.15) is 53.1 Å². The maximum absolute atomic E-state index is 13.5. The Morgan fingerprint density at radius 1 is 1.08 bits per heavy atom. The Balaban J connectivity index is 2.25. The number of alkyl halides is 3. The van der Waals surface area contributed by atoms with Crippen molar-refractivity contribution in [2.45, 2.75) is 56.0 Å². The molecule has 2 amide bonds. The smallest absolute Gasteiger partial charge is 0.443 e. The second-order valence-electron chi connectivity index (χ2n) is 8.47. The molecular weight excluding hydrogens is 517 g/mol. The van der Waals surface area contributed by atoms with Crippen molar-refractivity contribution in [3.8, 4) is 0 Å². The molecule has 1 unspecified atom stereocenters. The van der Waals surface area contributed by atoms with Gasteiger partial charge in [-0.05, 0) is 43.4 Å². The Morgan fingerprint density at radius 2 is 1.68 bits per heavy atom. The lowest BCUT2D eigenvalue weighted by molar-refractivity contribution is -0.358. The summed E-state index contributed by atoms with van der Waals surface area (Å²) < 4.78 is 40.5. The summed E-state index contributed by atoms with van der Waals surface area (Å²) >= 11 is 0. The Morgan fingerprint density at radius 3 is 2.18 bits per heavy atom. The second-order valence-corrected chi connectivity index (χ2v) is 8.47. The highest BCUT2D eigenvalue weighted by Gasteiger charge is 2.58. The van der Waals surface area contributed by atoms with Gasteiger partial charge in [0.1, 0.15) is 11.9 Å². The molecule has 1 aromatic carbocycles. The molecule has 0 bridgehead atoms. The summed E-state index contributed by atoms with van der Waals surface area (Å²) in [5.41, 5.74) is 14.9. The van der Waals surface area contributed by atoms with Crippen LogP contribution >= 0.6 is 0 Å². The number of benzene rings is 1. The number of rotatable bonds is 12. The number of nitrogen functional groups attached to an aromatic ring is 2. The molecule has 2 aromatic rings. The van der Waals surface area contributed by atoms with Crippen molar-refractivity contribution in [3.63, 3.8) is 0 Å². The number of nitrogens with zero attached hydrogens (tertiary/aromatic N) is 1. The summed E-state index contributed by atoms with van der Waals surface area (Å²) in [6, 6.07) is 2.80. The Hall–Kier alpha value is -4.18. The molecule has 2 atom stereocenters. The van der Waals surface area contributed by atoms with Crippen LogP contribution in [0, 0.1) is 0 Å². The highest BCUT2D eigenvalue weighted by Crippen LogP contribution is 2.42. The summed E-state index contributed by atoms with van der Waals surface area (Å²) in [4.78, 5) is 52.6. The minimum Gasteiger partial charge on any atom is -0.480 e. The molecule has 1 aromatic heterocycles. The molecule has 38 heavy (non-hydrogen) atoms. The van der Waals surface area contributed by atoms with Crippen molar-refractivity contribution in [2.75, 3.05) is 11.5 Å². The predicted molar refractivity (Wildman–Crippen MR) is 126 cm³/mol. The number of amides is 2. The van der Waals surface area contributed by atoms with E-state index < -0.39 is 53.7 Å². The zero-order valence-corrected chi connectivity index (χ0v) is 19.8. The van der Waals surface area contributed by atoms with E-state index in [0.717, 1.165) is 24.3 Å². The normalized spacial score (nSPS) is 13.5. The van der Waals surface area contributed by atoms with Crippen LogP contribution in [0.15, 0.2) is 29.1 Å². The first-order valence-electron chi connectivity index (χ1n) is 11.1. The van der Waals surface area contributed by atoms with E-state index in [1.165, 1.54) is 0 Å². The van der Waals surface area contributed by atoms with E-state index in [-0.39, 0.29) is 54.1 Å². The average Bonchev–Trinajstić information content (AvgIpc) is 2.79. The van der Waals surface area contributed by atoms with Crippen LogP contribution in [0.25, 0.3) is 0 Å². The first-order chi connectivity index (χ1) is 17.5. The van der Waals surface area contributed by atoms with Crippen LogP contribution in [0.4, 0.5) is 24.9 Å².